The Hall–Kier alpha value is -2.31. The van der Waals surface area contributed by atoms with Gasteiger partial charge in [-0.2, -0.15) is 0 Å². The van der Waals surface area contributed by atoms with E-state index in [2.05, 4.69) is 10.3 Å². The summed E-state index contributed by atoms with van der Waals surface area (Å²) in [7, 11) is 1.50. The summed E-state index contributed by atoms with van der Waals surface area (Å²) in [4.78, 5) is 28.4. The number of pyridine rings is 1. The fourth-order valence-electron chi connectivity index (χ4n) is 2.08. The normalized spacial score (nSPS) is 18.9. The van der Waals surface area contributed by atoms with E-state index in [4.69, 9.17) is 9.84 Å². The van der Waals surface area contributed by atoms with Crippen molar-refractivity contribution in [3.63, 3.8) is 0 Å². The summed E-state index contributed by atoms with van der Waals surface area (Å²) in [5.41, 5.74) is 0.730. The van der Waals surface area contributed by atoms with E-state index in [1.807, 2.05) is 0 Å². The zero-order valence-electron chi connectivity index (χ0n) is 10.5. The van der Waals surface area contributed by atoms with Crippen molar-refractivity contribution in [1.82, 2.24) is 10.3 Å². The lowest BCUT2D eigenvalue weighted by Gasteiger charge is -2.36. The highest BCUT2D eigenvalue weighted by atomic mass is 16.5. The molecule has 1 aliphatic rings. The van der Waals surface area contributed by atoms with Gasteiger partial charge in [-0.1, -0.05) is 0 Å². The number of nitrogens with one attached hydrogen (secondary N) is 1. The Labute approximate surface area is 110 Å². The molecule has 1 saturated heterocycles. The van der Waals surface area contributed by atoms with Crippen LogP contribution in [0.5, 0.6) is 5.88 Å². The summed E-state index contributed by atoms with van der Waals surface area (Å²) in [5, 5.41) is 11.6. The molecule has 1 aromatic rings. The summed E-state index contributed by atoms with van der Waals surface area (Å²) in [6, 6.07) is 2.71. The van der Waals surface area contributed by atoms with Gasteiger partial charge in [0.25, 0.3) is 0 Å². The van der Waals surface area contributed by atoms with Crippen molar-refractivity contribution >= 4 is 17.6 Å². The van der Waals surface area contributed by atoms with E-state index < -0.39 is 12.0 Å². The minimum absolute atomic E-state index is 0.240. The average Bonchev–Trinajstić information content (AvgIpc) is 2.40. The molecule has 0 radical (unpaired) electrons. The number of carbonyl (C=O) groups is 2. The summed E-state index contributed by atoms with van der Waals surface area (Å²) in [6.07, 6.45) is 1.33. The molecule has 7 nitrogen and oxygen atoms in total. The Morgan fingerprint density at radius 2 is 2.47 bits per heavy atom. The Balaban J connectivity index is 2.27. The molecule has 19 heavy (non-hydrogen) atoms. The van der Waals surface area contributed by atoms with E-state index in [-0.39, 0.29) is 12.3 Å². The van der Waals surface area contributed by atoms with Gasteiger partial charge in [0.1, 0.15) is 6.04 Å². The molecular formula is C12H15N3O4. The Kier molecular flexibility index (Phi) is 3.84. The molecule has 2 N–H and O–H groups in total. The molecule has 1 atom stereocenters. The zero-order valence-corrected chi connectivity index (χ0v) is 10.5. The predicted molar refractivity (Wildman–Crippen MR) is 67.2 cm³/mol. The minimum atomic E-state index is -1.01. The molecule has 1 unspecified atom stereocenters. The largest absolute Gasteiger partial charge is 0.481 e. The van der Waals surface area contributed by atoms with Crippen LogP contribution in [-0.2, 0) is 9.59 Å². The van der Waals surface area contributed by atoms with Gasteiger partial charge in [0.15, 0.2) is 0 Å². The summed E-state index contributed by atoms with van der Waals surface area (Å²) in [5.74, 6) is -0.852. The van der Waals surface area contributed by atoms with Crippen LogP contribution in [0.25, 0.3) is 0 Å². The summed E-state index contributed by atoms with van der Waals surface area (Å²) in [6.45, 7) is 1.04. The molecule has 2 heterocycles. The lowest BCUT2D eigenvalue weighted by molar-refractivity contribution is -0.139. The third-order valence-electron chi connectivity index (χ3n) is 2.96. The first-order chi connectivity index (χ1) is 9.11. The van der Waals surface area contributed by atoms with Gasteiger partial charge in [-0.3, -0.25) is 9.59 Å². The first-order valence-electron chi connectivity index (χ1n) is 5.88. The van der Waals surface area contributed by atoms with Crippen LogP contribution in [0.4, 0.5) is 5.69 Å². The zero-order chi connectivity index (χ0) is 13.8. The maximum absolute atomic E-state index is 11.8. The van der Waals surface area contributed by atoms with E-state index in [1.54, 1.807) is 23.2 Å². The number of anilines is 1. The van der Waals surface area contributed by atoms with Gasteiger partial charge in [-0.05, 0) is 6.07 Å². The first-order valence-corrected chi connectivity index (χ1v) is 5.88. The highest BCUT2D eigenvalue weighted by Gasteiger charge is 2.31. The maximum Gasteiger partial charge on any atom is 0.305 e. The van der Waals surface area contributed by atoms with Gasteiger partial charge < -0.3 is 20.1 Å². The van der Waals surface area contributed by atoms with Gasteiger partial charge in [0.2, 0.25) is 11.8 Å². The number of hydrogen-bond acceptors (Lipinski definition) is 5. The number of carboxylic acids is 1. The first kappa shape index (κ1) is 13.1. The van der Waals surface area contributed by atoms with Crippen molar-refractivity contribution in [2.24, 2.45) is 0 Å². The highest BCUT2D eigenvalue weighted by Crippen LogP contribution is 2.23. The van der Waals surface area contributed by atoms with Gasteiger partial charge in [0.05, 0.1) is 13.5 Å². The second kappa shape index (κ2) is 5.55. The number of carbonyl (C=O) groups excluding carboxylic acids is 1. The van der Waals surface area contributed by atoms with Crippen molar-refractivity contribution in [2.75, 3.05) is 25.1 Å². The van der Waals surface area contributed by atoms with Gasteiger partial charge in [-0.25, -0.2) is 4.98 Å². The van der Waals surface area contributed by atoms with E-state index >= 15 is 0 Å². The number of aliphatic carboxylic acids is 1. The molecule has 0 saturated carbocycles. The molecule has 0 aliphatic carbocycles. The van der Waals surface area contributed by atoms with Crippen LogP contribution in [0.15, 0.2) is 18.3 Å². The molecule has 1 aromatic heterocycles. The average molecular weight is 265 g/mol. The quantitative estimate of drug-likeness (QED) is 0.788. The maximum atomic E-state index is 11.8. The second-order valence-electron chi connectivity index (χ2n) is 4.15. The number of amides is 1. The Morgan fingerprint density at radius 1 is 1.68 bits per heavy atom. The number of hydrogen-bond donors (Lipinski definition) is 2. The van der Waals surface area contributed by atoms with Crippen LogP contribution in [0.3, 0.4) is 0 Å². The smallest absolute Gasteiger partial charge is 0.305 e. The van der Waals surface area contributed by atoms with Crippen LogP contribution in [0, 0.1) is 0 Å². The van der Waals surface area contributed by atoms with Crippen molar-refractivity contribution in [3.8, 4) is 5.88 Å². The van der Waals surface area contributed by atoms with Crippen LogP contribution in [0.2, 0.25) is 0 Å². The molecule has 0 aromatic carbocycles. The standard InChI is InChI=1S/C12H15N3O4/c1-19-10-6-8(2-3-13-10)15-5-4-14-12(18)9(15)7-11(16)17/h2-3,6,9H,4-5,7H2,1H3,(H,14,18)(H,16,17). The van der Waals surface area contributed by atoms with Crippen molar-refractivity contribution in [2.45, 2.75) is 12.5 Å². The molecule has 102 valence electrons. The number of methoxy groups -OCH3 is 1. The van der Waals surface area contributed by atoms with Crippen LogP contribution < -0.4 is 15.0 Å². The Morgan fingerprint density at radius 3 is 3.16 bits per heavy atom. The van der Waals surface area contributed by atoms with Crippen molar-refractivity contribution in [1.29, 1.82) is 0 Å². The summed E-state index contributed by atoms with van der Waals surface area (Å²) >= 11 is 0. The molecule has 0 spiro atoms. The minimum Gasteiger partial charge on any atom is -0.481 e. The number of rotatable bonds is 4. The van der Waals surface area contributed by atoms with Crippen LogP contribution >= 0.6 is 0 Å². The van der Waals surface area contributed by atoms with Gasteiger partial charge in [-0.15, -0.1) is 0 Å². The third-order valence-corrected chi connectivity index (χ3v) is 2.96. The molecular weight excluding hydrogens is 250 g/mol. The number of piperazine rings is 1. The van der Waals surface area contributed by atoms with E-state index in [9.17, 15) is 9.59 Å². The van der Waals surface area contributed by atoms with E-state index in [1.165, 1.54) is 7.11 Å². The topological polar surface area (TPSA) is 91.8 Å². The monoisotopic (exact) mass is 265 g/mol. The van der Waals surface area contributed by atoms with Gasteiger partial charge >= 0.3 is 5.97 Å². The molecule has 1 fully saturated rings. The fraction of sp³-hybridized carbons (Fsp3) is 0.417. The lowest BCUT2D eigenvalue weighted by atomic mass is 10.1. The number of carboxylic acid groups (broad SMARTS) is 1. The van der Waals surface area contributed by atoms with Crippen LogP contribution in [0.1, 0.15) is 6.42 Å². The SMILES string of the molecule is COc1cc(N2CCNC(=O)C2CC(=O)O)ccn1. The van der Waals surface area contributed by atoms with Crippen molar-refractivity contribution in [3.05, 3.63) is 18.3 Å². The summed E-state index contributed by atoms with van der Waals surface area (Å²) < 4.78 is 5.03. The molecule has 1 amide bonds. The highest BCUT2D eigenvalue weighted by molar-refractivity contribution is 5.90. The molecule has 7 heteroatoms. The van der Waals surface area contributed by atoms with Crippen molar-refractivity contribution < 1.29 is 19.4 Å². The predicted octanol–water partition coefficient (Wildman–Crippen LogP) is -0.130. The molecule has 1 aliphatic heterocycles. The lowest BCUT2D eigenvalue weighted by Crippen LogP contribution is -2.56. The number of aromatic nitrogens is 1. The fourth-order valence-corrected chi connectivity index (χ4v) is 2.08. The molecule has 2 rings (SSSR count). The Bertz CT molecular complexity index is 492. The van der Waals surface area contributed by atoms with E-state index in [0.29, 0.717) is 19.0 Å². The number of ether oxygens (including phenoxy) is 1. The third kappa shape index (κ3) is 2.93. The van der Waals surface area contributed by atoms with Gasteiger partial charge in [0, 0.05) is 31.0 Å². The van der Waals surface area contributed by atoms with Crippen LogP contribution in [-0.4, -0.2) is 48.2 Å². The number of nitrogens with zero attached hydrogens (tertiary/aromatic N) is 2. The second-order valence-corrected chi connectivity index (χ2v) is 4.15. The molecule has 0 bridgehead atoms. The van der Waals surface area contributed by atoms with E-state index in [0.717, 1.165) is 5.69 Å².